The molecule has 64 heavy (non-hydrogen) atoms. The van der Waals surface area contributed by atoms with Crippen molar-refractivity contribution in [1.82, 2.24) is 0 Å². The Labute approximate surface area is 406 Å². The van der Waals surface area contributed by atoms with Crippen molar-refractivity contribution >= 4 is 35.3 Å². The molecular weight excluding hydrogens is 820 g/mol. The molecule has 9 nitrogen and oxygen atoms in total. The lowest BCUT2D eigenvalue weighted by molar-refractivity contribution is -0.138. The molecule has 0 aromatic heterocycles. The summed E-state index contributed by atoms with van der Waals surface area (Å²) in [5.41, 5.74) is 0. The van der Waals surface area contributed by atoms with Gasteiger partial charge in [0.2, 0.25) is 0 Å². The van der Waals surface area contributed by atoms with E-state index in [1.54, 1.807) is 0 Å². The van der Waals surface area contributed by atoms with E-state index in [2.05, 4.69) is 20.8 Å². The number of hydrogen-bond acceptors (Lipinski definition) is 6. The van der Waals surface area contributed by atoms with Gasteiger partial charge in [-0.15, -0.1) is 0 Å². The van der Waals surface area contributed by atoms with E-state index in [1.165, 1.54) is 154 Å². The number of unbranched alkanes of at least 4 members (excludes halogenated alkanes) is 30. The average molecular weight is 928 g/mol. The number of aliphatic carboxylic acids is 3. The van der Waals surface area contributed by atoms with E-state index in [4.69, 9.17) is 15.3 Å². The second-order valence-electron chi connectivity index (χ2n) is 18.8. The van der Waals surface area contributed by atoms with E-state index >= 15 is 0 Å². The van der Waals surface area contributed by atoms with Crippen LogP contribution in [0.25, 0.3) is 0 Å². The van der Waals surface area contributed by atoms with Crippen LogP contribution in [0.1, 0.15) is 310 Å². The molecule has 0 fully saturated rings. The third-order valence-corrected chi connectivity index (χ3v) is 12.2. The fourth-order valence-corrected chi connectivity index (χ4v) is 8.00. The van der Waals surface area contributed by atoms with E-state index < -0.39 is 17.9 Å². The topological polar surface area (TPSA) is 173 Å². The summed E-state index contributed by atoms with van der Waals surface area (Å²) in [6.45, 7) is 6.63. The van der Waals surface area contributed by atoms with E-state index in [9.17, 15) is 29.7 Å². The zero-order valence-corrected chi connectivity index (χ0v) is 43.7. The van der Waals surface area contributed by atoms with Gasteiger partial charge < -0.3 is 30.6 Å². The molecule has 10 heteroatoms. The van der Waals surface area contributed by atoms with Crippen molar-refractivity contribution in [1.29, 1.82) is 0 Å². The zero-order valence-electron chi connectivity index (χ0n) is 42.5. The maximum Gasteiger partial charge on any atom is 0.303 e. The molecule has 0 amide bonds. The van der Waals surface area contributed by atoms with Gasteiger partial charge in [-0.25, -0.2) is 0 Å². The Kier molecular flexibility index (Phi) is 64.9. The van der Waals surface area contributed by atoms with Crippen LogP contribution >= 0.6 is 0 Å². The second-order valence-corrected chi connectivity index (χ2v) is 18.8. The van der Waals surface area contributed by atoms with Gasteiger partial charge in [0.05, 0.1) is 18.3 Å². The van der Waals surface area contributed by atoms with Crippen LogP contribution in [0.4, 0.5) is 0 Å². The lowest BCUT2D eigenvalue weighted by atomic mass is 10.0. The molecule has 0 aliphatic rings. The van der Waals surface area contributed by atoms with Crippen molar-refractivity contribution in [2.75, 3.05) is 0 Å². The summed E-state index contributed by atoms with van der Waals surface area (Å²) in [4.78, 5) is 31.0. The van der Waals surface area contributed by atoms with Crippen LogP contribution in [0.2, 0.25) is 0 Å². The lowest BCUT2D eigenvalue weighted by Crippen LogP contribution is -2.05. The fraction of sp³-hybridized carbons (Fsp3) is 0.944. The molecule has 3 unspecified atom stereocenters. The number of rotatable bonds is 48. The third kappa shape index (κ3) is 69.9. The van der Waals surface area contributed by atoms with Crippen molar-refractivity contribution in [3.8, 4) is 0 Å². The van der Waals surface area contributed by atoms with Crippen molar-refractivity contribution in [3.05, 3.63) is 0 Å². The minimum atomic E-state index is -0.678. The smallest absolute Gasteiger partial charge is 0.303 e. The van der Waals surface area contributed by atoms with Crippen LogP contribution in [0.3, 0.4) is 0 Å². The summed E-state index contributed by atoms with van der Waals surface area (Å²) in [7, 11) is 0. The summed E-state index contributed by atoms with van der Waals surface area (Å²) in [6.07, 6.45) is 48.8. The average Bonchev–Trinajstić information content (AvgIpc) is 3.24. The highest BCUT2D eigenvalue weighted by Crippen LogP contribution is 2.17. The number of aliphatic hydroxyl groups is 3. The highest BCUT2D eigenvalue weighted by molar-refractivity contribution is 5.75. The Bertz CT molecular complexity index is 807. The number of carboxylic acid groups (broad SMARTS) is 3. The SMILES string of the molecule is CCCCCCC(O)CCCCCCCCCCC(=O)O.CCCCCCC(O)CCCCCCCCCCC(=O)O.CCCCCCC(O)CCCCCCCCCCC(=O)O.[Al]. The van der Waals surface area contributed by atoms with Crippen molar-refractivity contribution < 1.29 is 45.0 Å². The number of aliphatic hydroxyl groups excluding tert-OH is 3. The molecule has 0 aromatic carbocycles. The summed E-state index contributed by atoms with van der Waals surface area (Å²) in [5, 5.41) is 55.1. The van der Waals surface area contributed by atoms with Crippen LogP contribution in [0, 0.1) is 0 Å². The van der Waals surface area contributed by atoms with Gasteiger partial charge in [-0.1, -0.05) is 233 Å². The first-order chi connectivity index (χ1) is 30.5. The molecular formula is C54H108AlO9. The zero-order chi connectivity index (χ0) is 47.3. The van der Waals surface area contributed by atoms with E-state index in [-0.39, 0.29) is 35.7 Å². The summed E-state index contributed by atoms with van der Waals surface area (Å²) in [6, 6.07) is 0. The molecule has 0 saturated carbocycles. The molecule has 0 saturated heterocycles. The van der Waals surface area contributed by atoms with Gasteiger partial charge in [-0.2, -0.15) is 0 Å². The highest BCUT2D eigenvalue weighted by atomic mass is 27.0. The predicted octanol–water partition coefficient (Wildman–Crippen LogP) is 15.5. The Morgan fingerprint density at radius 2 is 0.406 bits per heavy atom. The largest absolute Gasteiger partial charge is 0.481 e. The first-order valence-corrected chi connectivity index (χ1v) is 27.2. The Morgan fingerprint density at radius 3 is 0.562 bits per heavy atom. The highest BCUT2D eigenvalue weighted by Gasteiger charge is 2.06. The van der Waals surface area contributed by atoms with Crippen LogP contribution in [0.15, 0.2) is 0 Å². The predicted molar refractivity (Wildman–Crippen MR) is 271 cm³/mol. The minimum Gasteiger partial charge on any atom is -0.481 e. The van der Waals surface area contributed by atoms with Gasteiger partial charge in [-0.05, 0) is 57.8 Å². The molecule has 0 aliphatic carbocycles. The lowest BCUT2D eigenvalue weighted by Gasteiger charge is -2.10. The maximum atomic E-state index is 10.3. The standard InChI is InChI=1S/3C18H36O3.Al/c3*1-2-3-4-11-14-17(19)15-12-9-7-5-6-8-10-13-16-18(20)21;/h3*17,19H,2-16H2,1H3,(H,20,21);. The molecule has 0 heterocycles. The van der Waals surface area contributed by atoms with Gasteiger partial charge in [0.1, 0.15) is 0 Å². The third-order valence-electron chi connectivity index (χ3n) is 12.2. The van der Waals surface area contributed by atoms with Crippen LogP contribution in [-0.4, -0.2) is 84.2 Å². The molecule has 0 bridgehead atoms. The Balaban J connectivity index is -0.000000419. The molecule has 3 radical (unpaired) electrons. The van der Waals surface area contributed by atoms with Crippen molar-refractivity contribution in [3.63, 3.8) is 0 Å². The van der Waals surface area contributed by atoms with Crippen LogP contribution < -0.4 is 0 Å². The number of hydrogen-bond donors (Lipinski definition) is 6. The summed E-state index contributed by atoms with van der Waals surface area (Å²) >= 11 is 0. The molecule has 0 aromatic rings. The van der Waals surface area contributed by atoms with E-state index in [0.29, 0.717) is 19.3 Å². The number of carboxylic acids is 3. The summed E-state index contributed by atoms with van der Waals surface area (Å²) in [5.74, 6) is -2.03. The van der Waals surface area contributed by atoms with Gasteiger partial charge in [0.25, 0.3) is 0 Å². The first-order valence-electron chi connectivity index (χ1n) is 27.2. The minimum absolute atomic E-state index is 0. The quantitative estimate of drug-likeness (QED) is 0.0256. The van der Waals surface area contributed by atoms with Crippen LogP contribution in [0.5, 0.6) is 0 Å². The Morgan fingerprint density at radius 1 is 0.266 bits per heavy atom. The normalized spacial score (nSPS) is 12.3. The number of carbonyl (C=O) groups is 3. The van der Waals surface area contributed by atoms with Gasteiger partial charge in [0, 0.05) is 36.6 Å². The molecule has 0 rings (SSSR count). The Hall–Kier alpha value is -1.18. The monoisotopic (exact) mass is 928 g/mol. The maximum absolute atomic E-state index is 10.3. The second kappa shape index (κ2) is 59.8. The summed E-state index contributed by atoms with van der Waals surface area (Å²) < 4.78 is 0. The van der Waals surface area contributed by atoms with Gasteiger partial charge >= 0.3 is 17.9 Å². The molecule has 381 valence electrons. The molecule has 0 aliphatic heterocycles. The van der Waals surface area contributed by atoms with Gasteiger partial charge in [0.15, 0.2) is 0 Å². The first kappa shape index (κ1) is 69.4. The van der Waals surface area contributed by atoms with Crippen LogP contribution in [-0.2, 0) is 14.4 Å². The van der Waals surface area contributed by atoms with Crippen molar-refractivity contribution in [2.24, 2.45) is 0 Å². The van der Waals surface area contributed by atoms with E-state index in [1.807, 2.05) is 0 Å². The van der Waals surface area contributed by atoms with E-state index in [0.717, 1.165) is 116 Å². The molecule has 3 atom stereocenters. The van der Waals surface area contributed by atoms with Gasteiger partial charge in [-0.3, -0.25) is 14.4 Å². The van der Waals surface area contributed by atoms with Crippen molar-refractivity contribution in [2.45, 2.75) is 328 Å². The fourth-order valence-electron chi connectivity index (χ4n) is 8.00. The molecule has 6 N–H and O–H groups in total. The molecule has 0 spiro atoms.